The third-order valence-electron chi connectivity index (χ3n) is 2.36. The van der Waals surface area contributed by atoms with Crippen molar-refractivity contribution in [3.05, 3.63) is 56.9 Å². The fourth-order valence-corrected chi connectivity index (χ4v) is 1.94. The molecule has 0 aliphatic heterocycles. The van der Waals surface area contributed by atoms with Crippen molar-refractivity contribution in [1.82, 2.24) is 4.57 Å². The van der Waals surface area contributed by atoms with Crippen LogP contribution >= 0.6 is 15.9 Å². The van der Waals surface area contributed by atoms with E-state index in [1.807, 2.05) is 35.8 Å². The first-order valence-corrected chi connectivity index (χ1v) is 5.62. The van der Waals surface area contributed by atoms with E-state index < -0.39 is 0 Å². The predicted molar refractivity (Wildman–Crippen MR) is 68.9 cm³/mol. The second kappa shape index (κ2) is 4.14. The molecule has 0 bridgehead atoms. The first-order chi connectivity index (χ1) is 7.58. The Morgan fingerprint density at radius 3 is 2.75 bits per heavy atom. The van der Waals surface area contributed by atoms with Gasteiger partial charge in [-0.3, -0.25) is 4.79 Å². The second-order valence-electron chi connectivity index (χ2n) is 3.58. The third kappa shape index (κ3) is 2.02. The average molecular weight is 279 g/mol. The molecule has 0 saturated heterocycles. The number of pyridine rings is 1. The number of aromatic nitrogens is 1. The van der Waals surface area contributed by atoms with Gasteiger partial charge in [0.25, 0.3) is 0 Å². The zero-order valence-corrected chi connectivity index (χ0v) is 10.4. The lowest BCUT2D eigenvalue weighted by Crippen LogP contribution is -2.12. The summed E-state index contributed by atoms with van der Waals surface area (Å²) in [7, 11) is 0. The van der Waals surface area contributed by atoms with Gasteiger partial charge in [0.05, 0.1) is 5.69 Å². The first kappa shape index (κ1) is 11.0. The van der Waals surface area contributed by atoms with Crippen LogP contribution in [-0.4, -0.2) is 4.57 Å². The van der Waals surface area contributed by atoms with E-state index in [0.717, 1.165) is 15.9 Å². The standard InChI is InChI=1S/C12H11BrN2O/c1-8-5-12(16)11(14)7-15(8)10-4-2-3-9(13)6-10/h2-7H,14H2,1H3. The molecular formula is C12H11BrN2O. The summed E-state index contributed by atoms with van der Waals surface area (Å²) in [5.74, 6) is 0. The van der Waals surface area contributed by atoms with Crippen molar-refractivity contribution >= 4 is 21.6 Å². The molecular weight excluding hydrogens is 268 g/mol. The van der Waals surface area contributed by atoms with Crippen LogP contribution in [0, 0.1) is 6.92 Å². The van der Waals surface area contributed by atoms with Crippen LogP contribution in [0.2, 0.25) is 0 Å². The highest BCUT2D eigenvalue weighted by atomic mass is 79.9. The Balaban J connectivity index is 2.65. The van der Waals surface area contributed by atoms with Gasteiger partial charge in [-0.15, -0.1) is 0 Å². The van der Waals surface area contributed by atoms with E-state index in [1.165, 1.54) is 6.07 Å². The number of benzene rings is 1. The molecule has 4 heteroatoms. The molecule has 0 spiro atoms. The summed E-state index contributed by atoms with van der Waals surface area (Å²) in [5.41, 5.74) is 7.57. The number of hydrogen-bond acceptors (Lipinski definition) is 2. The molecule has 0 atom stereocenters. The van der Waals surface area contributed by atoms with Gasteiger partial charge in [-0.25, -0.2) is 0 Å². The van der Waals surface area contributed by atoms with Gasteiger partial charge in [0.15, 0.2) is 0 Å². The number of hydrogen-bond donors (Lipinski definition) is 1. The van der Waals surface area contributed by atoms with Crippen LogP contribution in [0.25, 0.3) is 5.69 Å². The van der Waals surface area contributed by atoms with Crippen LogP contribution in [-0.2, 0) is 0 Å². The van der Waals surface area contributed by atoms with Crippen molar-refractivity contribution in [1.29, 1.82) is 0 Å². The van der Waals surface area contributed by atoms with Gasteiger partial charge >= 0.3 is 0 Å². The average Bonchev–Trinajstić information content (AvgIpc) is 2.23. The summed E-state index contributed by atoms with van der Waals surface area (Å²) in [5, 5.41) is 0. The monoisotopic (exact) mass is 278 g/mol. The molecule has 0 fully saturated rings. The normalized spacial score (nSPS) is 10.4. The van der Waals surface area contributed by atoms with E-state index in [0.29, 0.717) is 0 Å². The Bertz CT molecular complexity index is 590. The minimum absolute atomic E-state index is 0.135. The largest absolute Gasteiger partial charge is 0.394 e. The Labute approximate surface area is 102 Å². The lowest BCUT2D eigenvalue weighted by atomic mass is 10.2. The van der Waals surface area contributed by atoms with E-state index in [1.54, 1.807) is 6.20 Å². The maximum absolute atomic E-state index is 11.3. The van der Waals surface area contributed by atoms with E-state index in [-0.39, 0.29) is 11.1 Å². The van der Waals surface area contributed by atoms with Gasteiger partial charge in [0.2, 0.25) is 5.43 Å². The molecule has 2 aromatic rings. The molecule has 16 heavy (non-hydrogen) atoms. The molecule has 1 heterocycles. The summed E-state index contributed by atoms with van der Waals surface area (Å²) in [6.07, 6.45) is 1.65. The number of nitrogens with zero attached hydrogens (tertiary/aromatic N) is 1. The Kier molecular flexibility index (Phi) is 2.83. The molecule has 0 radical (unpaired) electrons. The zero-order chi connectivity index (χ0) is 11.7. The first-order valence-electron chi connectivity index (χ1n) is 4.82. The summed E-state index contributed by atoms with van der Waals surface area (Å²) in [6.45, 7) is 1.88. The molecule has 3 nitrogen and oxygen atoms in total. The van der Waals surface area contributed by atoms with Crippen LogP contribution in [0.15, 0.2) is 45.8 Å². The molecule has 1 aromatic heterocycles. The Morgan fingerprint density at radius 1 is 1.31 bits per heavy atom. The van der Waals surface area contributed by atoms with Gasteiger partial charge in [-0.1, -0.05) is 22.0 Å². The molecule has 82 valence electrons. The Hall–Kier alpha value is -1.55. The molecule has 0 aliphatic carbocycles. The fraction of sp³-hybridized carbons (Fsp3) is 0.0833. The molecule has 0 aliphatic rings. The molecule has 2 N–H and O–H groups in total. The van der Waals surface area contributed by atoms with E-state index in [4.69, 9.17) is 5.73 Å². The van der Waals surface area contributed by atoms with Crippen LogP contribution in [0.5, 0.6) is 0 Å². The number of nitrogen functional groups attached to an aromatic ring is 1. The van der Waals surface area contributed by atoms with E-state index in [2.05, 4.69) is 15.9 Å². The molecule has 0 saturated carbocycles. The van der Waals surface area contributed by atoms with Crippen molar-refractivity contribution in [2.24, 2.45) is 0 Å². The molecule has 0 amide bonds. The lowest BCUT2D eigenvalue weighted by Gasteiger charge is -2.11. The van der Waals surface area contributed by atoms with Crippen molar-refractivity contribution in [3.8, 4) is 5.69 Å². The third-order valence-corrected chi connectivity index (χ3v) is 2.85. The maximum atomic E-state index is 11.3. The van der Waals surface area contributed by atoms with Gasteiger partial charge in [0, 0.05) is 28.1 Å². The van der Waals surface area contributed by atoms with Crippen LogP contribution in [0.1, 0.15) is 5.69 Å². The summed E-state index contributed by atoms with van der Waals surface area (Å²) in [4.78, 5) is 11.3. The molecule has 1 aromatic carbocycles. The van der Waals surface area contributed by atoms with Gasteiger partial charge in [-0.05, 0) is 25.1 Å². The zero-order valence-electron chi connectivity index (χ0n) is 8.77. The van der Waals surface area contributed by atoms with Crippen molar-refractivity contribution in [2.75, 3.05) is 5.73 Å². The predicted octanol–water partition coefficient (Wildman–Crippen LogP) is 2.49. The maximum Gasteiger partial charge on any atom is 0.204 e. The van der Waals surface area contributed by atoms with E-state index in [9.17, 15) is 4.79 Å². The van der Waals surface area contributed by atoms with E-state index >= 15 is 0 Å². The van der Waals surface area contributed by atoms with Crippen molar-refractivity contribution < 1.29 is 0 Å². The highest BCUT2D eigenvalue weighted by Gasteiger charge is 2.03. The topological polar surface area (TPSA) is 48.0 Å². The summed E-state index contributed by atoms with van der Waals surface area (Å²) >= 11 is 3.41. The lowest BCUT2D eigenvalue weighted by molar-refractivity contribution is 0.976. The second-order valence-corrected chi connectivity index (χ2v) is 4.50. The summed E-state index contributed by atoms with van der Waals surface area (Å²) < 4.78 is 2.88. The van der Waals surface area contributed by atoms with Gasteiger partial charge in [0.1, 0.15) is 0 Å². The summed E-state index contributed by atoms with van der Waals surface area (Å²) in [6, 6.07) is 9.35. The van der Waals surface area contributed by atoms with Gasteiger partial charge in [-0.2, -0.15) is 0 Å². The molecule has 0 unspecified atom stereocenters. The number of halogens is 1. The van der Waals surface area contributed by atoms with Crippen LogP contribution in [0.3, 0.4) is 0 Å². The molecule has 2 rings (SSSR count). The van der Waals surface area contributed by atoms with Crippen LogP contribution < -0.4 is 11.2 Å². The highest BCUT2D eigenvalue weighted by Crippen LogP contribution is 2.17. The smallest absolute Gasteiger partial charge is 0.204 e. The number of nitrogens with two attached hydrogens (primary N) is 1. The van der Waals surface area contributed by atoms with Crippen LogP contribution in [0.4, 0.5) is 5.69 Å². The van der Waals surface area contributed by atoms with Crippen molar-refractivity contribution in [3.63, 3.8) is 0 Å². The number of rotatable bonds is 1. The highest BCUT2D eigenvalue weighted by molar-refractivity contribution is 9.10. The fourth-order valence-electron chi connectivity index (χ4n) is 1.55. The Morgan fingerprint density at radius 2 is 2.06 bits per heavy atom. The number of anilines is 1. The quantitative estimate of drug-likeness (QED) is 0.871. The van der Waals surface area contributed by atoms with Crippen molar-refractivity contribution in [2.45, 2.75) is 6.92 Å². The number of aryl methyl sites for hydroxylation is 1. The minimum atomic E-state index is -0.135. The minimum Gasteiger partial charge on any atom is -0.394 e. The SMILES string of the molecule is Cc1cc(=O)c(N)cn1-c1cccc(Br)c1. The van der Waals surface area contributed by atoms with Gasteiger partial charge < -0.3 is 10.3 Å².